The van der Waals surface area contributed by atoms with Gasteiger partial charge in [-0.05, 0) is 31.4 Å². The van der Waals surface area contributed by atoms with Crippen LogP contribution in [0.2, 0.25) is 0 Å². The second-order valence-electron chi connectivity index (χ2n) is 5.27. The number of carbonyl (C=O) groups is 1. The number of hydrogen-bond donors (Lipinski definition) is 1. The Morgan fingerprint density at radius 3 is 2.58 bits per heavy atom. The van der Waals surface area contributed by atoms with Crippen molar-refractivity contribution in [2.24, 2.45) is 0 Å². The first kappa shape index (κ1) is 14.1. The lowest BCUT2D eigenvalue weighted by molar-refractivity contribution is -0.131. The molecule has 0 bridgehead atoms. The van der Waals surface area contributed by atoms with E-state index < -0.39 is 0 Å². The van der Waals surface area contributed by atoms with Crippen molar-refractivity contribution in [3.05, 3.63) is 35.9 Å². The van der Waals surface area contributed by atoms with E-state index in [1.165, 1.54) is 6.42 Å². The summed E-state index contributed by atoms with van der Waals surface area (Å²) >= 11 is 0. The second kappa shape index (κ2) is 7.29. The maximum Gasteiger partial charge on any atom is 0.226 e. The van der Waals surface area contributed by atoms with E-state index >= 15 is 0 Å². The Morgan fingerprint density at radius 1 is 1.26 bits per heavy atom. The summed E-state index contributed by atoms with van der Waals surface area (Å²) in [4.78, 5) is 14.2. The number of piperidine rings is 1. The van der Waals surface area contributed by atoms with Crippen LogP contribution in [0.3, 0.4) is 0 Å². The number of nitrogens with zero attached hydrogens (tertiary/aromatic N) is 1. The van der Waals surface area contributed by atoms with Gasteiger partial charge in [0.05, 0.1) is 6.42 Å². The fraction of sp³-hybridized carbons (Fsp3) is 0.562. The van der Waals surface area contributed by atoms with Gasteiger partial charge in [-0.15, -0.1) is 0 Å². The smallest absolute Gasteiger partial charge is 0.226 e. The number of nitrogens with one attached hydrogen (secondary N) is 1. The van der Waals surface area contributed by atoms with E-state index in [0.717, 1.165) is 38.0 Å². The molecule has 1 aromatic carbocycles. The molecular weight excluding hydrogens is 236 g/mol. The van der Waals surface area contributed by atoms with E-state index in [4.69, 9.17) is 0 Å². The molecule has 1 fully saturated rings. The van der Waals surface area contributed by atoms with Crippen LogP contribution in [0.1, 0.15) is 31.7 Å². The van der Waals surface area contributed by atoms with E-state index in [2.05, 4.69) is 12.2 Å². The van der Waals surface area contributed by atoms with Crippen LogP contribution in [-0.2, 0) is 11.2 Å². The molecule has 0 saturated carbocycles. The fourth-order valence-corrected chi connectivity index (χ4v) is 2.56. The summed E-state index contributed by atoms with van der Waals surface area (Å²) in [6.07, 6.45) is 3.88. The van der Waals surface area contributed by atoms with Crippen molar-refractivity contribution in [3.63, 3.8) is 0 Å². The molecule has 19 heavy (non-hydrogen) atoms. The van der Waals surface area contributed by atoms with Crippen LogP contribution in [0.5, 0.6) is 0 Å². The lowest BCUT2D eigenvalue weighted by Gasteiger charge is -2.32. The Hall–Kier alpha value is -1.35. The van der Waals surface area contributed by atoms with Gasteiger partial charge in [0.25, 0.3) is 0 Å². The average molecular weight is 260 g/mol. The van der Waals surface area contributed by atoms with E-state index in [9.17, 15) is 4.79 Å². The summed E-state index contributed by atoms with van der Waals surface area (Å²) in [5.41, 5.74) is 1.11. The van der Waals surface area contributed by atoms with E-state index in [1.54, 1.807) is 0 Å². The number of carbonyl (C=O) groups excluding carboxylic acids is 1. The zero-order valence-electron chi connectivity index (χ0n) is 11.8. The normalized spacial score (nSPS) is 16.6. The van der Waals surface area contributed by atoms with Crippen molar-refractivity contribution < 1.29 is 4.79 Å². The molecule has 0 spiro atoms. The van der Waals surface area contributed by atoms with Crippen LogP contribution in [0.15, 0.2) is 30.3 Å². The van der Waals surface area contributed by atoms with Gasteiger partial charge in [0.2, 0.25) is 5.91 Å². The lowest BCUT2D eigenvalue weighted by Crippen LogP contribution is -2.45. The van der Waals surface area contributed by atoms with Crippen molar-refractivity contribution in [1.82, 2.24) is 10.2 Å². The second-order valence-corrected chi connectivity index (χ2v) is 5.27. The number of rotatable bonds is 5. The molecule has 104 valence electrons. The third-order valence-corrected chi connectivity index (χ3v) is 3.73. The highest BCUT2D eigenvalue weighted by atomic mass is 16.2. The van der Waals surface area contributed by atoms with Crippen LogP contribution < -0.4 is 5.32 Å². The molecule has 1 amide bonds. The summed E-state index contributed by atoms with van der Waals surface area (Å²) < 4.78 is 0. The van der Waals surface area contributed by atoms with Crippen LogP contribution in [-0.4, -0.2) is 36.5 Å². The van der Waals surface area contributed by atoms with Crippen molar-refractivity contribution in [3.8, 4) is 0 Å². The quantitative estimate of drug-likeness (QED) is 0.880. The van der Waals surface area contributed by atoms with E-state index in [0.29, 0.717) is 12.5 Å². The minimum absolute atomic E-state index is 0.264. The molecule has 1 aliphatic rings. The molecule has 0 radical (unpaired) electrons. The molecular formula is C16H24N2O. The molecule has 1 saturated heterocycles. The Labute approximate surface area is 116 Å². The zero-order valence-corrected chi connectivity index (χ0v) is 11.8. The van der Waals surface area contributed by atoms with Gasteiger partial charge in [-0.25, -0.2) is 0 Å². The highest BCUT2D eigenvalue weighted by Gasteiger charge is 2.22. The summed E-state index contributed by atoms with van der Waals surface area (Å²) in [6, 6.07) is 10.6. The Kier molecular flexibility index (Phi) is 5.40. The highest BCUT2D eigenvalue weighted by molar-refractivity contribution is 5.78. The minimum atomic E-state index is 0.264. The lowest BCUT2D eigenvalue weighted by atomic mass is 10.0. The zero-order chi connectivity index (χ0) is 13.5. The maximum atomic E-state index is 12.2. The highest BCUT2D eigenvalue weighted by Crippen LogP contribution is 2.12. The number of likely N-dealkylation sites (tertiary alicyclic amines) is 1. The molecule has 2 rings (SSSR count). The topological polar surface area (TPSA) is 32.3 Å². The molecule has 1 aliphatic heterocycles. The summed E-state index contributed by atoms with van der Waals surface area (Å²) in [5.74, 6) is 0.264. The number of hydrogen-bond acceptors (Lipinski definition) is 2. The molecule has 0 aromatic heterocycles. The molecule has 0 unspecified atom stereocenters. The van der Waals surface area contributed by atoms with Crippen molar-refractivity contribution in [1.29, 1.82) is 0 Å². The van der Waals surface area contributed by atoms with Gasteiger partial charge in [-0.1, -0.05) is 37.3 Å². The van der Waals surface area contributed by atoms with Gasteiger partial charge in [0.15, 0.2) is 0 Å². The van der Waals surface area contributed by atoms with Crippen molar-refractivity contribution >= 4 is 5.91 Å². The Balaban J connectivity index is 1.76. The minimum Gasteiger partial charge on any atom is -0.342 e. The predicted octanol–water partition coefficient (Wildman–Crippen LogP) is 2.22. The molecule has 0 atom stereocenters. The van der Waals surface area contributed by atoms with Gasteiger partial charge >= 0.3 is 0 Å². The first-order valence-corrected chi connectivity index (χ1v) is 7.34. The van der Waals surface area contributed by atoms with Gasteiger partial charge in [-0.2, -0.15) is 0 Å². The molecule has 3 heteroatoms. The monoisotopic (exact) mass is 260 g/mol. The summed E-state index contributed by atoms with van der Waals surface area (Å²) in [5, 5.41) is 3.54. The average Bonchev–Trinajstić information content (AvgIpc) is 2.46. The predicted molar refractivity (Wildman–Crippen MR) is 78.0 cm³/mol. The van der Waals surface area contributed by atoms with Gasteiger partial charge in [0.1, 0.15) is 0 Å². The third-order valence-electron chi connectivity index (χ3n) is 3.73. The van der Waals surface area contributed by atoms with Gasteiger partial charge in [-0.3, -0.25) is 4.79 Å². The Bertz CT molecular complexity index is 383. The molecule has 0 aliphatic carbocycles. The SMILES string of the molecule is CCCNC1CCN(C(=O)Cc2ccccc2)CC1. The summed E-state index contributed by atoms with van der Waals surface area (Å²) in [6.45, 7) is 5.06. The Morgan fingerprint density at radius 2 is 1.95 bits per heavy atom. The van der Waals surface area contributed by atoms with Gasteiger partial charge < -0.3 is 10.2 Å². The van der Waals surface area contributed by atoms with Crippen LogP contribution in [0.4, 0.5) is 0 Å². The first-order valence-electron chi connectivity index (χ1n) is 7.34. The number of benzene rings is 1. The maximum absolute atomic E-state index is 12.2. The van der Waals surface area contributed by atoms with Crippen LogP contribution >= 0.6 is 0 Å². The van der Waals surface area contributed by atoms with E-state index in [-0.39, 0.29) is 5.91 Å². The van der Waals surface area contributed by atoms with E-state index in [1.807, 2.05) is 35.2 Å². The standard InChI is InChI=1S/C16H24N2O/c1-2-10-17-15-8-11-18(12-9-15)16(19)13-14-6-4-3-5-7-14/h3-7,15,17H,2,8-13H2,1H3. The molecule has 1 N–H and O–H groups in total. The third kappa shape index (κ3) is 4.35. The molecule has 1 heterocycles. The summed E-state index contributed by atoms with van der Waals surface area (Å²) in [7, 11) is 0. The van der Waals surface area contributed by atoms with Crippen LogP contribution in [0, 0.1) is 0 Å². The van der Waals surface area contributed by atoms with Crippen molar-refractivity contribution in [2.45, 2.75) is 38.6 Å². The first-order chi connectivity index (χ1) is 9.29. The van der Waals surface area contributed by atoms with Crippen LogP contribution in [0.25, 0.3) is 0 Å². The largest absolute Gasteiger partial charge is 0.342 e. The fourth-order valence-electron chi connectivity index (χ4n) is 2.56. The molecule has 3 nitrogen and oxygen atoms in total. The van der Waals surface area contributed by atoms with Gasteiger partial charge in [0, 0.05) is 19.1 Å². The van der Waals surface area contributed by atoms with Crippen molar-refractivity contribution in [2.75, 3.05) is 19.6 Å². The number of amides is 1. The molecule has 1 aromatic rings.